The molecule has 0 atom stereocenters. The molecule has 1 amide bonds. The summed E-state index contributed by atoms with van der Waals surface area (Å²) in [6.07, 6.45) is 3.61. The van der Waals surface area contributed by atoms with E-state index in [9.17, 15) is 9.90 Å². The van der Waals surface area contributed by atoms with Crippen LogP contribution in [0.25, 0.3) is 0 Å². The Morgan fingerprint density at radius 3 is 2.62 bits per heavy atom. The van der Waals surface area contributed by atoms with Crippen molar-refractivity contribution in [2.24, 2.45) is 0 Å². The van der Waals surface area contributed by atoms with Crippen molar-refractivity contribution in [1.29, 1.82) is 0 Å². The molecule has 1 N–H and O–H groups in total. The number of para-hydroxylation sites is 1. The summed E-state index contributed by atoms with van der Waals surface area (Å²) >= 11 is 1.72. The summed E-state index contributed by atoms with van der Waals surface area (Å²) in [6, 6.07) is 15.5. The molecule has 0 spiro atoms. The van der Waals surface area contributed by atoms with Crippen molar-refractivity contribution in [2.75, 3.05) is 12.9 Å². The largest absolute Gasteiger partial charge is 0.508 e. The molecule has 2 aromatic carbocycles. The van der Waals surface area contributed by atoms with Gasteiger partial charge in [-0.25, -0.2) is 0 Å². The second kappa shape index (κ2) is 8.99. The number of rotatable bonds is 9. The summed E-state index contributed by atoms with van der Waals surface area (Å²) in [6.45, 7) is 0.624. The van der Waals surface area contributed by atoms with Crippen molar-refractivity contribution in [2.45, 2.75) is 43.2 Å². The molecular weight excluding hydrogens is 346 g/mol. The van der Waals surface area contributed by atoms with Crippen LogP contribution in [0.4, 0.5) is 0 Å². The zero-order chi connectivity index (χ0) is 18.4. The van der Waals surface area contributed by atoms with Crippen molar-refractivity contribution in [3.8, 4) is 11.5 Å². The minimum atomic E-state index is 0.227. The molecule has 0 unspecified atom stereocenters. The van der Waals surface area contributed by atoms with Gasteiger partial charge < -0.3 is 14.7 Å². The van der Waals surface area contributed by atoms with Crippen LogP contribution in [-0.4, -0.2) is 34.8 Å². The van der Waals surface area contributed by atoms with Gasteiger partial charge in [-0.15, -0.1) is 11.8 Å². The number of hydrogen-bond donors (Lipinski definition) is 1. The van der Waals surface area contributed by atoms with E-state index < -0.39 is 0 Å². The normalized spacial score (nSPS) is 13.4. The number of ether oxygens (including phenoxy) is 1. The Morgan fingerprint density at radius 2 is 1.92 bits per heavy atom. The van der Waals surface area contributed by atoms with Gasteiger partial charge in [0.25, 0.3) is 0 Å². The first kappa shape index (κ1) is 18.6. The highest BCUT2D eigenvalue weighted by Gasteiger charge is 2.32. The number of carbonyl (C=O) groups is 1. The van der Waals surface area contributed by atoms with Crippen LogP contribution >= 0.6 is 11.8 Å². The third-order valence-electron chi connectivity index (χ3n) is 4.48. The van der Waals surface area contributed by atoms with E-state index in [1.54, 1.807) is 31.0 Å². The summed E-state index contributed by atoms with van der Waals surface area (Å²) in [7, 11) is 1.67. The molecule has 0 aromatic heterocycles. The molecule has 1 fully saturated rings. The maximum atomic E-state index is 12.7. The van der Waals surface area contributed by atoms with E-state index in [1.165, 1.54) is 0 Å². The molecule has 1 aliphatic rings. The van der Waals surface area contributed by atoms with Crippen LogP contribution in [0.15, 0.2) is 53.4 Å². The van der Waals surface area contributed by atoms with E-state index in [-0.39, 0.29) is 11.7 Å². The van der Waals surface area contributed by atoms with Crippen LogP contribution in [-0.2, 0) is 11.3 Å². The standard InChI is InChI=1S/C21H25NO3S/c1-25-20-6-3-2-5-16(20)15-22(17-8-9-17)21(24)7-4-14-26-19-12-10-18(23)11-13-19/h2-3,5-6,10-13,17,23H,4,7-9,14-15H2,1H3. The van der Waals surface area contributed by atoms with Gasteiger partial charge in [0.2, 0.25) is 5.91 Å². The number of hydrogen-bond acceptors (Lipinski definition) is 4. The lowest BCUT2D eigenvalue weighted by Gasteiger charge is -2.23. The number of aromatic hydroxyl groups is 1. The maximum Gasteiger partial charge on any atom is 0.223 e. The van der Waals surface area contributed by atoms with E-state index in [4.69, 9.17) is 4.74 Å². The number of benzene rings is 2. The average Bonchev–Trinajstić information content (AvgIpc) is 3.50. The predicted octanol–water partition coefficient (Wildman–Crippen LogP) is 4.46. The highest BCUT2D eigenvalue weighted by atomic mass is 32.2. The van der Waals surface area contributed by atoms with Gasteiger partial charge in [0.1, 0.15) is 11.5 Å². The van der Waals surface area contributed by atoms with Gasteiger partial charge in [0, 0.05) is 29.5 Å². The molecular formula is C21H25NO3S. The zero-order valence-corrected chi connectivity index (χ0v) is 15.9. The Hall–Kier alpha value is -2.14. The Labute approximate surface area is 159 Å². The molecule has 138 valence electrons. The summed E-state index contributed by atoms with van der Waals surface area (Å²) in [4.78, 5) is 15.9. The van der Waals surface area contributed by atoms with E-state index in [0.29, 0.717) is 19.0 Å². The highest BCUT2D eigenvalue weighted by Crippen LogP contribution is 2.31. The number of phenols is 1. The first-order valence-electron chi connectivity index (χ1n) is 9.00. The van der Waals surface area contributed by atoms with Crippen LogP contribution in [0, 0.1) is 0 Å². The molecule has 3 rings (SSSR count). The number of phenolic OH excluding ortho intramolecular Hbond substituents is 1. The van der Waals surface area contributed by atoms with E-state index in [2.05, 4.69) is 0 Å². The van der Waals surface area contributed by atoms with Crippen LogP contribution in [0.5, 0.6) is 11.5 Å². The highest BCUT2D eigenvalue weighted by molar-refractivity contribution is 7.99. The molecule has 2 aromatic rings. The minimum absolute atomic E-state index is 0.227. The van der Waals surface area contributed by atoms with Gasteiger partial charge in [-0.3, -0.25) is 4.79 Å². The Morgan fingerprint density at radius 1 is 1.19 bits per heavy atom. The number of thioether (sulfide) groups is 1. The Balaban J connectivity index is 1.50. The SMILES string of the molecule is COc1ccccc1CN(C(=O)CCCSc1ccc(O)cc1)C1CC1. The average molecular weight is 372 g/mol. The molecule has 0 radical (unpaired) electrons. The van der Waals surface area contributed by atoms with Crippen LogP contribution < -0.4 is 4.74 Å². The Kier molecular flexibility index (Phi) is 6.45. The molecule has 0 saturated heterocycles. The number of methoxy groups -OCH3 is 1. The fourth-order valence-electron chi connectivity index (χ4n) is 2.92. The molecule has 26 heavy (non-hydrogen) atoms. The topological polar surface area (TPSA) is 49.8 Å². The lowest BCUT2D eigenvalue weighted by Crippen LogP contribution is -2.32. The van der Waals surface area contributed by atoms with Gasteiger partial charge >= 0.3 is 0 Å². The number of nitrogens with zero attached hydrogens (tertiary/aromatic N) is 1. The van der Waals surface area contributed by atoms with Gasteiger partial charge in [0.05, 0.1) is 7.11 Å². The molecule has 0 aliphatic heterocycles. The Bertz CT molecular complexity index is 728. The van der Waals surface area contributed by atoms with Gasteiger partial charge in [-0.1, -0.05) is 18.2 Å². The maximum absolute atomic E-state index is 12.7. The first-order valence-corrected chi connectivity index (χ1v) is 9.99. The zero-order valence-electron chi connectivity index (χ0n) is 15.1. The molecule has 0 heterocycles. The van der Waals surface area contributed by atoms with Gasteiger partial charge in [-0.2, -0.15) is 0 Å². The fraction of sp³-hybridized carbons (Fsp3) is 0.381. The molecule has 5 heteroatoms. The van der Waals surface area contributed by atoms with Crippen LogP contribution in [0.2, 0.25) is 0 Å². The smallest absolute Gasteiger partial charge is 0.223 e. The lowest BCUT2D eigenvalue weighted by atomic mass is 10.1. The summed E-state index contributed by atoms with van der Waals surface area (Å²) in [5.74, 6) is 2.24. The minimum Gasteiger partial charge on any atom is -0.508 e. The second-order valence-corrected chi connectivity index (χ2v) is 7.68. The van der Waals surface area contributed by atoms with Gasteiger partial charge in [-0.05, 0) is 55.3 Å². The first-order chi connectivity index (χ1) is 12.7. The lowest BCUT2D eigenvalue weighted by molar-refractivity contribution is -0.132. The van der Waals surface area contributed by atoms with Crippen molar-refractivity contribution in [3.63, 3.8) is 0 Å². The van der Waals surface area contributed by atoms with Gasteiger partial charge in [0.15, 0.2) is 0 Å². The monoisotopic (exact) mass is 371 g/mol. The summed E-state index contributed by atoms with van der Waals surface area (Å²) in [5, 5.41) is 9.31. The predicted molar refractivity (Wildman–Crippen MR) is 105 cm³/mol. The third-order valence-corrected chi connectivity index (χ3v) is 5.58. The second-order valence-electron chi connectivity index (χ2n) is 6.51. The summed E-state index contributed by atoms with van der Waals surface area (Å²) < 4.78 is 5.42. The fourth-order valence-corrected chi connectivity index (χ4v) is 3.78. The molecule has 0 bridgehead atoms. The van der Waals surface area contributed by atoms with Crippen molar-refractivity contribution in [3.05, 3.63) is 54.1 Å². The van der Waals surface area contributed by atoms with Crippen molar-refractivity contribution < 1.29 is 14.6 Å². The molecule has 1 saturated carbocycles. The van der Waals surface area contributed by atoms with E-state index >= 15 is 0 Å². The molecule has 1 aliphatic carbocycles. The third kappa shape index (κ3) is 5.18. The van der Waals surface area contributed by atoms with Crippen LogP contribution in [0.1, 0.15) is 31.2 Å². The van der Waals surface area contributed by atoms with Crippen molar-refractivity contribution >= 4 is 17.7 Å². The number of amides is 1. The summed E-state index contributed by atoms with van der Waals surface area (Å²) in [5.41, 5.74) is 1.06. The van der Waals surface area contributed by atoms with E-state index in [1.807, 2.05) is 41.3 Å². The quantitative estimate of drug-likeness (QED) is 0.522. The molecule has 4 nitrogen and oxygen atoms in total. The van der Waals surface area contributed by atoms with Crippen molar-refractivity contribution in [1.82, 2.24) is 4.90 Å². The van der Waals surface area contributed by atoms with Crippen LogP contribution in [0.3, 0.4) is 0 Å². The van der Waals surface area contributed by atoms with E-state index in [0.717, 1.165) is 41.2 Å². The number of carbonyl (C=O) groups excluding carboxylic acids is 1.